The van der Waals surface area contributed by atoms with Gasteiger partial charge < -0.3 is 11.1 Å². The van der Waals surface area contributed by atoms with Crippen molar-refractivity contribution in [2.75, 3.05) is 12.8 Å². The number of halogens is 1. The van der Waals surface area contributed by atoms with E-state index in [9.17, 15) is 4.79 Å². The molecule has 82 valence electrons. The Morgan fingerprint density at radius 1 is 1.80 bits per heavy atom. The fourth-order valence-electron chi connectivity index (χ4n) is 0.947. The summed E-state index contributed by atoms with van der Waals surface area (Å²) in [5, 5.41) is 4.12. The SMILES string of the molecule is CNC(CSc1ncccc1Cl)C(N)=O. The van der Waals surface area contributed by atoms with Crippen molar-refractivity contribution >= 4 is 29.3 Å². The molecule has 1 amide bonds. The van der Waals surface area contributed by atoms with Gasteiger partial charge in [0.25, 0.3) is 0 Å². The fraction of sp³-hybridized carbons (Fsp3) is 0.333. The van der Waals surface area contributed by atoms with Crippen LogP contribution < -0.4 is 11.1 Å². The first-order valence-corrected chi connectivity index (χ1v) is 5.71. The van der Waals surface area contributed by atoms with Crippen LogP contribution in [-0.2, 0) is 4.79 Å². The minimum absolute atomic E-state index is 0.368. The molecular weight excluding hydrogens is 234 g/mol. The molecule has 0 saturated carbocycles. The number of nitrogens with one attached hydrogen (secondary N) is 1. The lowest BCUT2D eigenvalue weighted by Gasteiger charge is -2.11. The molecule has 6 heteroatoms. The van der Waals surface area contributed by atoms with E-state index in [-0.39, 0.29) is 11.9 Å². The molecule has 0 aliphatic rings. The van der Waals surface area contributed by atoms with Crippen LogP contribution in [0.4, 0.5) is 0 Å². The zero-order chi connectivity index (χ0) is 11.3. The second-order valence-electron chi connectivity index (χ2n) is 2.85. The molecule has 0 saturated heterocycles. The van der Waals surface area contributed by atoms with Crippen molar-refractivity contribution in [2.24, 2.45) is 5.73 Å². The summed E-state index contributed by atoms with van der Waals surface area (Å²) in [7, 11) is 1.69. The molecule has 15 heavy (non-hydrogen) atoms. The van der Waals surface area contributed by atoms with Crippen molar-refractivity contribution in [1.82, 2.24) is 10.3 Å². The van der Waals surface area contributed by atoms with Gasteiger partial charge >= 0.3 is 0 Å². The van der Waals surface area contributed by atoms with Gasteiger partial charge in [-0.3, -0.25) is 4.79 Å². The predicted octanol–water partition coefficient (Wildman–Crippen LogP) is 0.900. The number of nitrogens with two attached hydrogens (primary N) is 1. The van der Waals surface area contributed by atoms with Gasteiger partial charge in [-0.25, -0.2) is 4.98 Å². The standard InChI is InChI=1S/C9H12ClN3OS/c1-12-7(8(11)14)5-15-9-6(10)3-2-4-13-9/h2-4,7,12H,5H2,1H3,(H2,11,14). The Bertz CT molecular complexity index is 348. The molecule has 3 N–H and O–H groups in total. The van der Waals surface area contributed by atoms with Crippen molar-refractivity contribution in [2.45, 2.75) is 11.1 Å². The van der Waals surface area contributed by atoms with E-state index in [2.05, 4.69) is 10.3 Å². The van der Waals surface area contributed by atoms with Gasteiger partial charge in [0, 0.05) is 11.9 Å². The van der Waals surface area contributed by atoms with E-state index in [4.69, 9.17) is 17.3 Å². The number of hydrogen-bond donors (Lipinski definition) is 2. The first-order chi connectivity index (χ1) is 7.15. The Balaban J connectivity index is 2.56. The fourth-order valence-corrected chi connectivity index (χ4v) is 2.23. The molecule has 1 heterocycles. The van der Waals surface area contributed by atoms with Crippen LogP contribution in [0.3, 0.4) is 0 Å². The molecular formula is C9H12ClN3OS. The van der Waals surface area contributed by atoms with E-state index >= 15 is 0 Å². The van der Waals surface area contributed by atoms with Crippen LogP contribution in [0.15, 0.2) is 23.4 Å². The third kappa shape index (κ3) is 3.70. The summed E-state index contributed by atoms with van der Waals surface area (Å²) in [6, 6.07) is 3.15. The number of aromatic nitrogens is 1. The van der Waals surface area contributed by atoms with Gasteiger partial charge in [-0.1, -0.05) is 11.6 Å². The average molecular weight is 246 g/mol. The van der Waals surface area contributed by atoms with E-state index in [0.717, 1.165) is 0 Å². The van der Waals surface area contributed by atoms with Gasteiger partial charge in [0.1, 0.15) is 5.03 Å². The minimum Gasteiger partial charge on any atom is -0.368 e. The van der Waals surface area contributed by atoms with Crippen LogP contribution in [-0.4, -0.2) is 29.7 Å². The van der Waals surface area contributed by atoms with Crippen LogP contribution in [0, 0.1) is 0 Å². The number of rotatable bonds is 5. The van der Waals surface area contributed by atoms with Gasteiger partial charge in [-0.15, -0.1) is 11.8 Å². The van der Waals surface area contributed by atoms with Crippen LogP contribution in [0.5, 0.6) is 0 Å². The smallest absolute Gasteiger partial charge is 0.235 e. The summed E-state index contributed by atoms with van der Waals surface area (Å²) < 4.78 is 0. The highest BCUT2D eigenvalue weighted by molar-refractivity contribution is 7.99. The molecule has 1 rings (SSSR count). The zero-order valence-corrected chi connectivity index (χ0v) is 9.81. The van der Waals surface area contributed by atoms with Crippen molar-refractivity contribution in [3.05, 3.63) is 23.4 Å². The second-order valence-corrected chi connectivity index (χ2v) is 4.26. The second kappa shape index (κ2) is 5.95. The van der Waals surface area contributed by atoms with E-state index in [1.54, 1.807) is 25.4 Å². The highest BCUT2D eigenvalue weighted by atomic mass is 35.5. The molecule has 1 unspecified atom stereocenters. The number of amides is 1. The normalized spacial score (nSPS) is 12.4. The van der Waals surface area contributed by atoms with Crippen LogP contribution >= 0.6 is 23.4 Å². The Morgan fingerprint density at radius 3 is 3.07 bits per heavy atom. The molecule has 1 aromatic rings. The van der Waals surface area contributed by atoms with E-state index in [0.29, 0.717) is 15.8 Å². The molecule has 0 aliphatic carbocycles. The van der Waals surface area contributed by atoms with Crippen LogP contribution in [0.2, 0.25) is 5.02 Å². The van der Waals surface area contributed by atoms with Crippen molar-refractivity contribution < 1.29 is 4.79 Å². The maximum Gasteiger partial charge on any atom is 0.235 e. The van der Waals surface area contributed by atoms with Gasteiger partial charge in [0.15, 0.2) is 0 Å². The topological polar surface area (TPSA) is 68.0 Å². The third-order valence-electron chi connectivity index (χ3n) is 1.80. The number of hydrogen-bond acceptors (Lipinski definition) is 4. The minimum atomic E-state index is -0.378. The van der Waals surface area contributed by atoms with Gasteiger partial charge in [-0.05, 0) is 19.2 Å². The van der Waals surface area contributed by atoms with Gasteiger partial charge in [-0.2, -0.15) is 0 Å². The zero-order valence-electron chi connectivity index (χ0n) is 8.24. The maximum atomic E-state index is 10.9. The highest BCUT2D eigenvalue weighted by Crippen LogP contribution is 2.24. The summed E-state index contributed by atoms with van der Waals surface area (Å²) in [5.74, 6) is 0.139. The predicted molar refractivity (Wildman–Crippen MR) is 62.0 cm³/mol. The average Bonchev–Trinajstić information content (AvgIpc) is 2.21. The van der Waals surface area contributed by atoms with Crippen molar-refractivity contribution in [1.29, 1.82) is 0 Å². The van der Waals surface area contributed by atoms with E-state index in [1.807, 2.05) is 0 Å². The molecule has 0 fully saturated rings. The quantitative estimate of drug-likeness (QED) is 0.757. The Kier molecular flexibility index (Phi) is 4.87. The molecule has 0 bridgehead atoms. The molecule has 0 radical (unpaired) electrons. The largest absolute Gasteiger partial charge is 0.368 e. The maximum absolute atomic E-state index is 10.9. The number of primary amides is 1. The van der Waals surface area contributed by atoms with Crippen LogP contribution in [0.25, 0.3) is 0 Å². The van der Waals surface area contributed by atoms with E-state index in [1.165, 1.54) is 11.8 Å². The summed E-state index contributed by atoms with van der Waals surface area (Å²) in [5.41, 5.74) is 5.18. The molecule has 1 atom stereocenters. The number of carbonyl (C=O) groups excluding carboxylic acids is 1. The number of pyridine rings is 1. The molecule has 0 aliphatic heterocycles. The van der Waals surface area contributed by atoms with Gasteiger partial charge in [0.05, 0.1) is 11.1 Å². The Hall–Kier alpha value is -0.780. The van der Waals surface area contributed by atoms with Crippen LogP contribution in [0.1, 0.15) is 0 Å². The third-order valence-corrected chi connectivity index (χ3v) is 3.32. The lowest BCUT2D eigenvalue weighted by Crippen LogP contribution is -2.41. The lowest BCUT2D eigenvalue weighted by atomic mass is 10.3. The van der Waals surface area contributed by atoms with Crippen molar-refractivity contribution in [3.63, 3.8) is 0 Å². The summed E-state index contributed by atoms with van der Waals surface area (Å²) in [6.45, 7) is 0. The number of thioether (sulfide) groups is 1. The number of nitrogens with zero attached hydrogens (tertiary/aromatic N) is 1. The monoisotopic (exact) mass is 245 g/mol. The first kappa shape index (κ1) is 12.3. The number of carbonyl (C=O) groups is 1. The first-order valence-electron chi connectivity index (χ1n) is 4.35. The van der Waals surface area contributed by atoms with Crippen molar-refractivity contribution in [3.8, 4) is 0 Å². The molecule has 4 nitrogen and oxygen atoms in total. The lowest BCUT2D eigenvalue weighted by molar-refractivity contribution is -0.119. The molecule has 1 aromatic heterocycles. The van der Waals surface area contributed by atoms with Gasteiger partial charge in [0.2, 0.25) is 5.91 Å². The summed E-state index contributed by atoms with van der Waals surface area (Å²) in [6.07, 6.45) is 1.66. The molecule has 0 aromatic carbocycles. The number of likely N-dealkylation sites (N-methyl/N-ethyl adjacent to an activating group) is 1. The molecule has 0 spiro atoms. The summed E-state index contributed by atoms with van der Waals surface area (Å²) in [4.78, 5) is 15.0. The summed E-state index contributed by atoms with van der Waals surface area (Å²) >= 11 is 7.31. The Morgan fingerprint density at radius 2 is 2.53 bits per heavy atom. The Labute approximate surface area is 97.6 Å². The highest BCUT2D eigenvalue weighted by Gasteiger charge is 2.13. The van der Waals surface area contributed by atoms with E-state index < -0.39 is 0 Å².